The van der Waals surface area contributed by atoms with Gasteiger partial charge in [-0.25, -0.2) is 22.2 Å². The molecule has 10 nitrogen and oxygen atoms in total. The Kier molecular flexibility index (Phi) is 8.59. The molecule has 2 heterocycles. The van der Waals surface area contributed by atoms with Crippen molar-refractivity contribution in [2.24, 2.45) is 0 Å². The van der Waals surface area contributed by atoms with Gasteiger partial charge in [-0.15, -0.1) is 11.3 Å². The largest absolute Gasteiger partial charge is 1.00 e. The molecular formula is C20H14ClFKN5O5S2. The first-order valence-electron chi connectivity index (χ1n) is 9.40. The summed E-state index contributed by atoms with van der Waals surface area (Å²) in [4.78, 5) is 40.0. The topological polar surface area (TPSA) is 144 Å². The molecule has 2 aromatic carbocycles. The normalized spacial score (nSPS) is 11.1. The summed E-state index contributed by atoms with van der Waals surface area (Å²) in [5.74, 6) is -0.660. The summed E-state index contributed by atoms with van der Waals surface area (Å²) in [6.07, 6.45) is 0. The van der Waals surface area contributed by atoms with Crippen molar-refractivity contribution in [1.29, 1.82) is 0 Å². The number of carbonyl (C=O) groups excluding carboxylic acids is 1. The van der Waals surface area contributed by atoms with Gasteiger partial charge in [-0.2, -0.15) is 0 Å². The molecular weight excluding hydrogens is 548 g/mol. The number of urea groups is 1. The second kappa shape index (κ2) is 10.9. The minimum Gasteiger partial charge on any atom is -0.424 e. The molecule has 2 amide bonds. The van der Waals surface area contributed by atoms with Crippen LogP contribution in [-0.2, 0) is 10.0 Å². The maximum atomic E-state index is 14.1. The quantitative estimate of drug-likeness (QED) is 0.308. The number of amides is 2. The number of H-pyrrole nitrogens is 1. The molecule has 0 fully saturated rings. The van der Waals surface area contributed by atoms with E-state index >= 15 is 0 Å². The first kappa shape index (κ1) is 27.5. The summed E-state index contributed by atoms with van der Waals surface area (Å²) >= 11 is 6.48. The summed E-state index contributed by atoms with van der Waals surface area (Å²) in [5.41, 5.74) is -0.911. The SMILES string of the molecule is CNc1cc2[nH]c(=O)n(-c3ccc(NC(=O)[N-]S(=O)(=O)c4ccc(Cl)s4)cc3)c(=O)c2cc1F.[K+]. The van der Waals surface area contributed by atoms with Gasteiger partial charge >= 0.3 is 57.1 Å². The van der Waals surface area contributed by atoms with Crippen molar-refractivity contribution in [2.45, 2.75) is 4.21 Å². The Labute approximate surface area is 249 Å². The molecule has 0 aliphatic rings. The second-order valence-electron chi connectivity index (χ2n) is 6.80. The van der Waals surface area contributed by atoms with Gasteiger partial charge < -0.3 is 20.3 Å². The van der Waals surface area contributed by atoms with Gasteiger partial charge in [-0.05, 0) is 42.1 Å². The molecule has 4 aromatic rings. The number of hydrogen-bond acceptors (Lipinski definition) is 7. The molecule has 2 aromatic heterocycles. The predicted octanol–water partition coefficient (Wildman–Crippen LogP) is 0.873. The molecule has 0 radical (unpaired) electrons. The fraction of sp³-hybridized carbons (Fsp3) is 0.0500. The Bertz CT molecular complexity index is 1650. The molecule has 0 saturated carbocycles. The van der Waals surface area contributed by atoms with Crippen LogP contribution >= 0.6 is 22.9 Å². The number of nitrogens with zero attached hydrogens (tertiary/aromatic N) is 2. The Morgan fingerprint density at radius 1 is 1.14 bits per heavy atom. The van der Waals surface area contributed by atoms with Crippen LogP contribution in [0.3, 0.4) is 0 Å². The molecule has 0 aliphatic heterocycles. The number of thiophene rings is 1. The van der Waals surface area contributed by atoms with Gasteiger partial charge in [-0.3, -0.25) is 9.59 Å². The van der Waals surface area contributed by atoms with E-state index in [-0.39, 0.29) is 87.9 Å². The van der Waals surface area contributed by atoms with Crippen LogP contribution in [0.5, 0.6) is 0 Å². The smallest absolute Gasteiger partial charge is 0.424 e. The summed E-state index contributed by atoms with van der Waals surface area (Å²) in [7, 11) is -2.73. The summed E-state index contributed by atoms with van der Waals surface area (Å²) in [5, 5.41) is 4.88. The van der Waals surface area contributed by atoms with E-state index in [1.807, 2.05) is 0 Å². The van der Waals surface area contributed by atoms with E-state index in [4.69, 9.17) is 11.6 Å². The van der Waals surface area contributed by atoms with Crippen LogP contribution in [0.2, 0.25) is 4.34 Å². The molecule has 176 valence electrons. The zero-order valence-electron chi connectivity index (χ0n) is 18.1. The van der Waals surface area contributed by atoms with Crippen molar-refractivity contribution in [3.05, 3.63) is 84.2 Å². The van der Waals surface area contributed by atoms with Crippen molar-refractivity contribution in [2.75, 3.05) is 17.7 Å². The Hall–Kier alpha value is -2.04. The van der Waals surface area contributed by atoms with Crippen molar-refractivity contribution < 1.29 is 69.0 Å². The first-order chi connectivity index (χ1) is 16.1. The minimum absolute atomic E-state index is 0. The van der Waals surface area contributed by atoms with Crippen molar-refractivity contribution in [3.63, 3.8) is 0 Å². The molecule has 0 atom stereocenters. The average Bonchev–Trinajstić information content (AvgIpc) is 3.22. The number of benzene rings is 2. The van der Waals surface area contributed by atoms with Crippen molar-refractivity contribution >= 4 is 61.3 Å². The van der Waals surface area contributed by atoms with Gasteiger partial charge in [0, 0.05) is 7.05 Å². The molecule has 15 heteroatoms. The van der Waals surface area contributed by atoms with Gasteiger partial charge in [0.05, 0.1) is 26.6 Å². The minimum atomic E-state index is -4.23. The van der Waals surface area contributed by atoms with Gasteiger partial charge in [-0.1, -0.05) is 23.7 Å². The van der Waals surface area contributed by atoms with Gasteiger partial charge in [0.2, 0.25) is 10.0 Å². The number of hydrogen-bond donors (Lipinski definition) is 3. The Morgan fingerprint density at radius 2 is 1.83 bits per heavy atom. The van der Waals surface area contributed by atoms with Gasteiger partial charge in [0.1, 0.15) is 10.0 Å². The second-order valence-corrected chi connectivity index (χ2v) is 10.3. The fourth-order valence-corrected chi connectivity index (χ4v) is 5.40. The van der Waals surface area contributed by atoms with Crippen molar-refractivity contribution in [1.82, 2.24) is 9.55 Å². The van der Waals surface area contributed by atoms with Crippen LogP contribution in [0.1, 0.15) is 0 Å². The van der Waals surface area contributed by atoms with Crippen LogP contribution in [0, 0.1) is 5.82 Å². The molecule has 3 N–H and O–H groups in total. The van der Waals surface area contributed by atoms with Crippen LogP contribution in [0.15, 0.2) is 62.3 Å². The molecule has 0 bridgehead atoms. The third kappa shape index (κ3) is 5.86. The predicted molar refractivity (Wildman–Crippen MR) is 129 cm³/mol. The number of fused-ring (bicyclic) bond motifs is 1. The Balaban J connectivity index is 0.00000342. The number of sulfonamides is 1. The number of anilines is 2. The van der Waals surface area contributed by atoms with Crippen LogP contribution < -0.4 is 73.3 Å². The zero-order valence-corrected chi connectivity index (χ0v) is 23.6. The zero-order chi connectivity index (χ0) is 24.6. The molecule has 0 saturated heterocycles. The van der Waals surface area contributed by atoms with E-state index in [9.17, 15) is 27.2 Å². The number of aromatic amines is 1. The summed E-state index contributed by atoms with van der Waals surface area (Å²) in [6.45, 7) is 0. The third-order valence-electron chi connectivity index (χ3n) is 4.64. The monoisotopic (exact) mass is 561 g/mol. The molecule has 4 rings (SSSR count). The van der Waals surface area contributed by atoms with Crippen molar-refractivity contribution in [3.8, 4) is 5.69 Å². The standard InChI is InChI=1S/C20H15ClFN5O5S2.K/c1-23-15-9-14-12(8-13(15)22)18(28)27(20(30)25-14)11-4-2-10(3-5-11)24-19(29)26-34(31,32)17-7-6-16(21)33-17;/h2-9H,1H3,(H4,23,24,25,26,28,29,30);/q;+1/p-1. The van der Waals surface area contributed by atoms with E-state index in [1.165, 1.54) is 49.5 Å². The van der Waals surface area contributed by atoms with Gasteiger partial charge in [0.25, 0.3) is 5.56 Å². The number of carbonyl (C=O) groups is 1. The van der Waals surface area contributed by atoms with Crippen LogP contribution in [0.4, 0.5) is 20.6 Å². The maximum absolute atomic E-state index is 14.1. The number of nitrogens with one attached hydrogen (secondary N) is 3. The molecule has 0 aliphatic carbocycles. The molecule has 0 spiro atoms. The van der Waals surface area contributed by atoms with E-state index in [2.05, 4.69) is 20.3 Å². The third-order valence-corrected chi connectivity index (χ3v) is 7.60. The summed E-state index contributed by atoms with van der Waals surface area (Å²) < 4.78 is 42.5. The first-order valence-corrected chi connectivity index (χ1v) is 12.0. The molecule has 0 unspecified atom stereocenters. The summed E-state index contributed by atoms with van der Waals surface area (Å²) in [6, 6.07) is 9.19. The van der Waals surface area contributed by atoms with E-state index in [1.54, 1.807) is 0 Å². The molecule has 35 heavy (non-hydrogen) atoms. The number of halogens is 2. The van der Waals surface area contributed by atoms with Crippen LogP contribution in [0.25, 0.3) is 21.3 Å². The van der Waals surface area contributed by atoms with E-state index < -0.39 is 33.1 Å². The van der Waals surface area contributed by atoms with Crippen LogP contribution in [-0.4, -0.2) is 31.0 Å². The Morgan fingerprint density at radius 3 is 2.43 bits per heavy atom. The fourth-order valence-electron chi connectivity index (χ4n) is 3.09. The maximum Gasteiger partial charge on any atom is 1.00 e. The average molecular weight is 562 g/mol. The van der Waals surface area contributed by atoms with E-state index in [0.29, 0.717) is 0 Å². The van der Waals surface area contributed by atoms with Gasteiger partial charge in [0.15, 0.2) is 6.03 Å². The number of rotatable bonds is 5. The number of aromatic nitrogens is 2. The van der Waals surface area contributed by atoms with E-state index in [0.717, 1.165) is 22.0 Å².